The number of hydrogen-bond acceptors (Lipinski definition) is 6. The van der Waals surface area contributed by atoms with Crippen LogP contribution in [0.5, 0.6) is 5.75 Å². The standard InChI is InChI=1S/C18H19FN4OS/c1-24-16-3-2-13(10-15(16)19)11-22-5-7-23(8-6-22)17-14-4-9-25-18(14)21-12-20-17/h2-4,9-10,12H,5-8,11H2,1H3. The third-order valence-corrected chi connectivity index (χ3v) is 5.36. The van der Waals surface area contributed by atoms with Gasteiger partial charge in [0.05, 0.1) is 12.5 Å². The second kappa shape index (κ2) is 6.93. The summed E-state index contributed by atoms with van der Waals surface area (Å²) in [5.41, 5.74) is 0.967. The Morgan fingerprint density at radius 3 is 2.76 bits per heavy atom. The molecule has 7 heteroatoms. The molecule has 0 saturated carbocycles. The minimum absolute atomic E-state index is 0.289. The summed E-state index contributed by atoms with van der Waals surface area (Å²) in [5, 5.41) is 3.18. The second-order valence-electron chi connectivity index (χ2n) is 6.07. The van der Waals surface area contributed by atoms with Crippen LogP contribution in [-0.4, -0.2) is 48.2 Å². The topological polar surface area (TPSA) is 41.5 Å². The summed E-state index contributed by atoms with van der Waals surface area (Å²) in [5.74, 6) is 0.998. The van der Waals surface area contributed by atoms with Crippen molar-refractivity contribution in [3.8, 4) is 5.75 Å². The molecule has 3 aromatic rings. The third-order valence-electron chi connectivity index (χ3n) is 4.53. The highest BCUT2D eigenvalue weighted by atomic mass is 32.1. The van der Waals surface area contributed by atoms with Crippen LogP contribution >= 0.6 is 11.3 Å². The number of benzene rings is 1. The SMILES string of the molecule is COc1ccc(CN2CCN(c3ncnc4sccc34)CC2)cc1F. The van der Waals surface area contributed by atoms with Crippen LogP contribution in [0.4, 0.5) is 10.2 Å². The van der Waals surface area contributed by atoms with E-state index in [0.717, 1.165) is 54.3 Å². The van der Waals surface area contributed by atoms with Crippen molar-refractivity contribution in [1.29, 1.82) is 0 Å². The molecule has 3 heterocycles. The molecule has 130 valence electrons. The molecular formula is C18H19FN4OS. The number of anilines is 1. The van der Waals surface area contributed by atoms with Crippen LogP contribution in [0.3, 0.4) is 0 Å². The van der Waals surface area contributed by atoms with Gasteiger partial charge < -0.3 is 9.64 Å². The van der Waals surface area contributed by atoms with Crippen LogP contribution in [0.1, 0.15) is 5.56 Å². The van der Waals surface area contributed by atoms with Gasteiger partial charge in [-0.1, -0.05) is 6.07 Å². The molecule has 0 aliphatic carbocycles. The number of thiophene rings is 1. The van der Waals surface area contributed by atoms with Gasteiger partial charge in [-0.15, -0.1) is 11.3 Å². The average molecular weight is 358 g/mol. The van der Waals surface area contributed by atoms with Crippen molar-refractivity contribution in [2.45, 2.75) is 6.54 Å². The number of methoxy groups -OCH3 is 1. The Hall–Kier alpha value is -2.25. The predicted molar refractivity (Wildman–Crippen MR) is 97.9 cm³/mol. The second-order valence-corrected chi connectivity index (χ2v) is 6.96. The lowest BCUT2D eigenvalue weighted by molar-refractivity contribution is 0.249. The largest absolute Gasteiger partial charge is 0.494 e. The molecule has 4 rings (SSSR count). The van der Waals surface area contributed by atoms with Gasteiger partial charge in [-0.25, -0.2) is 14.4 Å². The molecule has 0 amide bonds. The number of halogens is 1. The molecule has 1 saturated heterocycles. The molecule has 1 aromatic carbocycles. The summed E-state index contributed by atoms with van der Waals surface area (Å²) in [6.07, 6.45) is 1.64. The quantitative estimate of drug-likeness (QED) is 0.717. The summed E-state index contributed by atoms with van der Waals surface area (Å²) in [7, 11) is 1.48. The van der Waals surface area contributed by atoms with E-state index in [4.69, 9.17) is 4.74 Å². The number of ether oxygens (including phenoxy) is 1. The van der Waals surface area contributed by atoms with E-state index in [9.17, 15) is 4.39 Å². The summed E-state index contributed by atoms with van der Waals surface area (Å²) in [4.78, 5) is 14.5. The fraction of sp³-hybridized carbons (Fsp3) is 0.333. The first kappa shape index (κ1) is 16.2. The van der Waals surface area contributed by atoms with Crippen molar-refractivity contribution in [3.63, 3.8) is 0 Å². The van der Waals surface area contributed by atoms with Crippen molar-refractivity contribution in [2.75, 3.05) is 38.2 Å². The highest BCUT2D eigenvalue weighted by Gasteiger charge is 2.20. The monoisotopic (exact) mass is 358 g/mol. The lowest BCUT2D eigenvalue weighted by Gasteiger charge is -2.35. The summed E-state index contributed by atoms with van der Waals surface area (Å²) >= 11 is 1.64. The zero-order valence-corrected chi connectivity index (χ0v) is 14.8. The maximum absolute atomic E-state index is 13.8. The van der Waals surface area contributed by atoms with E-state index in [0.29, 0.717) is 0 Å². The van der Waals surface area contributed by atoms with Gasteiger partial charge in [0.1, 0.15) is 17.0 Å². The maximum Gasteiger partial charge on any atom is 0.165 e. The fourth-order valence-electron chi connectivity index (χ4n) is 3.21. The van der Waals surface area contributed by atoms with E-state index >= 15 is 0 Å². The molecule has 5 nitrogen and oxygen atoms in total. The first-order valence-electron chi connectivity index (χ1n) is 8.22. The van der Waals surface area contributed by atoms with Crippen LogP contribution in [-0.2, 0) is 6.54 Å². The molecule has 0 bridgehead atoms. The van der Waals surface area contributed by atoms with Crippen molar-refractivity contribution in [1.82, 2.24) is 14.9 Å². The average Bonchev–Trinajstić information content (AvgIpc) is 3.11. The van der Waals surface area contributed by atoms with Gasteiger partial charge in [0.2, 0.25) is 0 Å². The third kappa shape index (κ3) is 3.29. The molecule has 0 unspecified atom stereocenters. The van der Waals surface area contributed by atoms with Crippen LogP contribution in [0.2, 0.25) is 0 Å². The van der Waals surface area contributed by atoms with Crippen molar-refractivity contribution in [3.05, 3.63) is 47.4 Å². The molecule has 1 fully saturated rings. The van der Waals surface area contributed by atoms with E-state index in [1.54, 1.807) is 29.8 Å². The first-order valence-corrected chi connectivity index (χ1v) is 9.10. The van der Waals surface area contributed by atoms with Gasteiger partial charge in [-0.05, 0) is 29.1 Å². The maximum atomic E-state index is 13.8. The number of hydrogen-bond donors (Lipinski definition) is 0. The van der Waals surface area contributed by atoms with E-state index in [1.807, 2.05) is 6.07 Å². The van der Waals surface area contributed by atoms with Crippen LogP contribution in [0.25, 0.3) is 10.2 Å². The fourth-order valence-corrected chi connectivity index (χ4v) is 3.94. The molecule has 0 radical (unpaired) electrons. The Morgan fingerprint density at radius 2 is 2.00 bits per heavy atom. The molecule has 0 spiro atoms. The summed E-state index contributed by atoms with van der Waals surface area (Å²) < 4.78 is 18.8. The van der Waals surface area contributed by atoms with E-state index < -0.39 is 0 Å². The summed E-state index contributed by atoms with van der Waals surface area (Å²) in [6, 6.07) is 7.26. The Balaban J connectivity index is 1.41. The van der Waals surface area contributed by atoms with E-state index in [2.05, 4.69) is 31.2 Å². The van der Waals surface area contributed by atoms with Gasteiger partial charge >= 0.3 is 0 Å². The Labute approximate surface area is 149 Å². The molecule has 0 atom stereocenters. The van der Waals surface area contributed by atoms with Crippen LogP contribution in [0.15, 0.2) is 36.0 Å². The summed E-state index contributed by atoms with van der Waals surface area (Å²) in [6.45, 7) is 4.39. The van der Waals surface area contributed by atoms with Crippen molar-refractivity contribution >= 4 is 27.4 Å². The van der Waals surface area contributed by atoms with E-state index in [-0.39, 0.29) is 11.6 Å². The first-order chi connectivity index (χ1) is 12.2. The van der Waals surface area contributed by atoms with Gasteiger partial charge in [0.25, 0.3) is 0 Å². The molecule has 25 heavy (non-hydrogen) atoms. The normalized spacial score (nSPS) is 15.7. The van der Waals surface area contributed by atoms with Crippen LogP contribution < -0.4 is 9.64 Å². The lowest BCUT2D eigenvalue weighted by Crippen LogP contribution is -2.46. The zero-order chi connectivity index (χ0) is 17.2. The molecule has 0 N–H and O–H groups in total. The highest BCUT2D eigenvalue weighted by Crippen LogP contribution is 2.27. The molecule has 1 aliphatic rings. The number of fused-ring (bicyclic) bond motifs is 1. The van der Waals surface area contributed by atoms with Crippen molar-refractivity contribution in [2.24, 2.45) is 0 Å². The number of aromatic nitrogens is 2. The lowest BCUT2D eigenvalue weighted by atomic mass is 10.1. The Bertz CT molecular complexity index is 876. The number of nitrogens with zero attached hydrogens (tertiary/aromatic N) is 4. The Morgan fingerprint density at radius 1 is 1.16 bits per heavy atom. The smallest absolute Gasteiger partial charge is 0.165 e. The van der Waals surface area contributed by atoms with Gasteiger partial charge in [0.15, 0.2) is 11.6 Å². The van der Waals surface area contributed by atoms with Gasteiger partial charge in [-0.3, -0.25) is 4.90 Å². The minimum Gasteiger partial charge on any atom is -0.494 e. The minimum atomic E-state index is -0.306. The van der Waals surface area contributed by atoms with Crippen molar-refractivity contribution < 1.29 is 9.13 Å². The molecule has 2 aromatic heterocycles. The molecule has 1 aliphatic heterocycles. The van der Waals surface area contributed by atoms with Crippen LogP contribution in [0, 0.1) is 5.82 Å². The highest BCUT2D eigenvalue weighted by molar-refractivity contribution is 7.16. The van der Waals surface area contributed by atoms with Gasteiger partial charge in [-0.2, -0.15) is 0 Å². The van der Waals surface area contributed by atoms with Gasteiger partial charge in [0, 0.05) is 32.7 Å². The predicted octanol–water partition coefficient (Wildman–Crippen LogP) is 3.16. The molecular weight excluding hydrogens is 339 g/mol. The Kier molecular flexibility index (Phi) is 4.50. The number of piperazine rings is 1. The zero-order valence-electron chi connectivity index (χ0n) is 14.0. The number of rotatable bonds is 4. The van der Waals surface area contributed by atoms with E-state index in [1.165, 1.54) is 7.11 Å².